The van der Waals surface area contributed by atoms with E-state index in [-0.39, 0.29) is 0 Å². The second-order valence-electron chi connectivity index (χ2n) is 15.1. The molecule has 10 rings (SSSR count). The number of rotatable bonds is 9. The maximum absolute atomic E-state index is 7.06. The number of hydrogen-bond acceptors (Lipinski definition) is 3. The van der Waals surface area contributed by atoms with Gasteiger partial charge in [0.2, 0.25) is 0 Å². The van der Waals surface area contributed by atoms with E-state index in [0.717, 1.165) is 83.1 Å². The Labute approximate surface area is 353 Å². The molecule has 0 saturated carbocycles. The molecule has 1 aliphatic rings. The van der Waals surface area contributed by atoms with E-state index in [9.17, 15) is 0 Å². The second kappa shape index (κ2) is 17.1. The van der Waals surface area contributed by atoms with E-state index in [1.165, 1.54) is 0 Å². The predicted octanol–water partition coefficient (Wildman–Crippen LogP) is 11.2. The van der Waals surface area contributed by atoms with Crippen molar-refractivity contribution < 1.29 is 13.7 Å². The van der Waals surface area contributed by atoms with Gasteiger partial charge in [0.25, 0.3) is 0 Å². The smallest absolute Gasteiger partial charge is 0.445 e. The lowest BCUT2D eigenvalue weighted by molar-refractivity contribution is 0.308. The third-order valence-electron chi connectivity index (χ3n) is 11.1. The fourth-order valence-corrected chi connectivity index (χ4v) is 8.05. The summed E-state index contributed by atoms with van der Waals surface area (Å²) in [5, 5.41) is 0. The summed E-state index contributed by atoms with van der Waals surface area (Å²) < 4.78 is 21.2. The molecule has 0 radical (unpaired) electrons. The molecule has 0 amide bonds. The van der Waals surface area contributed by atoms with Crippen LogP contribution in [0.15, 0.2) is 237 Å². The molecule has 1 heterocycles. The van der Waals surface area contributed by atoms with Gasteiger partial charge in [0.05, 0.1) is 0 Å². The minimum Gasteiger partial charge on any atom is -0.445 e. The Morgan fingerprint density at radius 2 is 0.350 bits per heavy atom. The molecule has 1 saturated heterocycles. The average molecular weight is 768 g/mol. The highest BCUT2D eigenvalue weighted by molar-refractivity contribution is 6.87. The SMILES string of the molecule is c1ccc(-c2cc(B3OB(c4cc(-c5ccccc5)cc(-c5ccccc5)c4)OB(c4cc(-c5ccccc5)cc(-c5ccccc5)c4)O3)cc(-c3ccccc3)c2)cc1. The van der Waals surface area contributed by atoms with Gasteiger partial charge in [-0.3, -0.25) is 0 Å². The Bertz CT molecular complexity index is 2350. The summed E-state index contributed by atoms with van der Waals surface area (Å²) >= 11 is 0. The Morgan fingerprint density at radius 1 is 0.183 bits per heavy atom. The molecule has 0 bridgehead atoms. The lowest BCUT2D eigenvalue weighted by atomic mass is 9.60. The van der Waals surface area contributed by atoms with Gasteiger partial charge in [-0.1, -0.05) is 218 Å². The zero-order valence-electron chi connectivity index (χ0n) is 33.0. The molecular formula is C54H39B3O3. The van der Waals surface area contributed by atoms with Crippen molar-refractivity contribution >= 4 is 37.7 Å². The van der Waals surface area contributed by atoms with Crippen molar-refractivity contribution in [2.75, 3.05) is 0 Å². The summed E-state index contributed by atoms with van der Waals surface area (Å²) in [7, 11) is -2.33. The van der Waals surface area contributed by atoms with Crippen molar-refractivity contribution in [1.29, 1.82) is 0 Å². The molecule has 282 valence electrons. The monoisotopic (exact) mass is 768 g/mol. The van der Waals surface area contributed by atoms with Crippen LogP contribution >= 0.6 is 0 Å². The highest BCUT2D eigenvalue weighted by Gasteiger charge is 2.44. The minimum absolute atomic E-state index is 0.777. The highest BCUT2D eigenvalue weighted by Crippen LogP contribution is 2.30. The van der Waals surface area contributed by atoms with E-state index in [4.69, 9.17) is 13.7 Å². The van der Waals surface area contributed by atoms with Gasteiger partial charge in [-0.15, -0.1) is 0 Å². The van der Waals surface area contributed by atoms with Crippen LogP contribution in [0.2, 0.25) is 0 Å². The summed E-state index contributed by atoms with van der Waals surface area (Å²) in [5.74, 6) is 0. The molecule has 6 heteroatoms. The maximum Gasteiger partial charge on any atom is 0.467 e. The van der Waals surface area contributed by atoms with E-state index in [1.807, 2.05) is 36.4 Å². The topological polar surface area (TPSA) is 27.7 Å². The molecule has 60 heavy (non-hydrogen) atoms. The molecule has 9 aromatic rings. The normalized spacial score (nSPS) is 12.7. The van der Waals surface area contributed by atoms with Crippen LogP contribution in [0, 0.1) is 0 Å². The standard InChI is InChI=1S/C54H39B3O3/c1-7-19-40(20-8-1)46-31-47(41-21-9-2-10-22-41)35-52(34-46)55-58-56(53-36-48(42-23-11-3-12-24-42)32-49(37-53)43-25-13-4-14-26-43)60-57(59-55)54-38-50(44-27-15-5-16-28-44)33-51(39-54)45-29-17-6-18-30-45/h1-39H. The van der Waals surface area contributed by atoms with Gasteiger partial charge >= 0.3 is 21.4 Å². The van der Waals surface area contributed by atoms with E-state index in [0.29, 0.717) is 0 Å². The van der Waals surface area contributed by atoms with Gasteiger partial charge in [-0.05, 0) is 101 Å². The third kappa shape index (κ3) is 8.18. The fraction of sp³-hybridized carbons (Fsp3) is 0. The fourth-order valence-electron chi connectivity index (χ4n) is 8.05. The van der Waals surface area contributed by atoms with E-state index in [2.05, 4.69) is 200 Å². The van der Waals surface area contributed by atoms with Gasteiger partial charge in [-0.25, -0.2) is 0 Å². The summed E-state index contributed by atoms with van der Waals surface area (Å²) in [6, 6.07) is 82.8. The first-order valence-electron chi connectivity index (χ1n) is 20.4. The van der Waals surface area contributed by atoms with E-state index >= 15 is 0 Å². The maximum atomic E-state index is 7.06. The van der Waals surface area contributed by atoms with Crippen molar-refractivity contribution in [3.63, 3.8) is 0 Å². The van der Waals surface area contributed by atoms with Crippen molar-refractivity contribution in [2.24, 2.45) is 0 Å². The Hall–Kier alpha value is -6.95. The molecule has 3 nitrogen and oxygen atoms in total. The molecule has 0 atom stereocenters. The second-order valence-corrected chi connectivity index (χ2v) is 15.1. The quantitative estimate of drug-likeness (QED) is 0.137. The highest BCUT2D eigenvalue weighted by atomic mass is 16.7. The Morgan fingerprint density at radius 3 is 0.517 bits per heavy atom. The molecule has 1 aliphatic heterocycles. The van der Waals surface area contributed by atoms with Gasteiger partial charge in [-0.2, -0.15) is 0 Å². The van der Waals surface area contributed by atoms with Crippen LogP contribution in [0.3, 0.4) is 0 Å². The zero-order chi connectivity index (χ0) is 40.1. The predicted molar refractivity (Wildman–Crippen MR) is 251 cm³/mol. The lowest BCUT2D eigenvalue weighted by Crippen LogP contribution is -2.61. The van der Waals surface area contributed by atoms with Gasteiger partial charge < -0.3 is 13.7 Å². The first-order chi connectivity index (χ1) is 29.7. The Balaban J connectivity index is 1.15. The van der Waals surface area contributed by atoms with Crippen molar-refractivity contribution in [3.05, 3.63) is 237 Å². The van der Waals surface area contributed by atoms with Crippen LogP contribution in [0.1, 0.15) is 0 Å². The van der Waals surface area contributed by atoms with Crippen molar-refractivity contribution in [1.82, 2.24) is 0 Å². The average Bonchev–Trinajstić information content (AvgIpc) is 3.35. The summed E-state index contributed by atoms with van der Waals surface area (Å²) in [6.45, 7) is 0. The van der Waals surface area contributed by atoms with Crippen LogP contribution in [0.25, 0.3) is 66.8 Å². The molecule has 0 unspecified atom stereocenters. The van der Waals surface area contributed by atoms with Crippen molar-refractivity contribution in [2.45, 2.75) is 0 Å². The van der Waals surface area contributed by atoms with Crippen LogP contribution in [-0.2, 0) is 13.7 Å². The number of benzene rings is 9. The largest absolute Gasteiger partial charge is 0.467 e. The van der Waals surface area contributed by atoms with Gasteiger partial charge in [0.15, 0.2) is 0 Å². The van der Waals surface area contributed by atoms with Crippen LogP contribution in [0.5, 0.6) is 0 Å². The van der Waals surface area contributed by atoms with Gasteiger partial charge in [0, 0.05) is 0 Å². The minimum atomic E-state index is -0.777. The molecule has 0 aliphatic carbocycles. The summed E-state index contributed by atoms with van der Waals surface area (Å²) in [6.07, 6.45) is 0. The first kappa shape index (κ1) is 37.3. The van der Waals surface area contributed by atoms with E-state index in [1.54, 1.807) is 0 Å². The van der Waals surface area contributed by atoms with Crippen molar-refractivity contribution in [3.8, 4) is 66.8 Å². The molecule has 0 aromatic heterocycles. The van der Waals surface area contributed by atoms with E-state index < -0.39 is 21.4 Å². The molecular weight excluding hydrogens is 729 g/mol. The summed E-state index contributed by atoms with van der Waals surface area (Å²) in [4.78, 5) is 0. The first-order valence-corrected chi connectivity index (χ1v) is 20.4. The Kier molecular flexibility index (Phi) is 10.6. The van der Waals surface area contributed by atoms with Crippen LogP contribution < -0.4 is 16.4 Å². The van der Waals surface area contributed by atoms with Crippen LogP contribution in [-0.4, -0.2) is 21.4 Å². The zero-order valence-corrected chi connectivity index (χ0v) is 33.0. The lowest BCUT2D eigenvalue weighted by Gasteiger charge is -2.32. The number of hydrogen-bond donors (Lipinski definition) is 0. The van der Waals surface area contributed by atoms with Crippen LogP contribution in [0.4, 0.5) is 0 Å². The molecule has 0 N–H and O–H groups in total. The summed E-state index contributed by atoms with van der Waals surface area (Å²) in [5.41, 5.74) is 15.9. The van der Waals surface area contributed by atoms with Gasteiger partial charge in [0.1, 0.15) is 0 Å². The molecule has 9 aromatic carbocycles. The molecule has 1 fully saturated rings. The molecule has 0 spiro atoms. The third-order valence-corrected chi connectivity index (χ3v) is 11.1.